The molecule has 4 aliphatic heterocycles. The van der Waals surface area contributed by atoms with Crippen LogP contribution in [-0.2, 0) is 42.7 Å². The Hall–Kier alpha value is -1.33. The van der Waals surface area contributed by atoms with E-state index in [9.17, 15) is 91.6 Å². The Morgan fingerprint density at radius 2 is 0.679 bits per heavy atom. The second-order valence-corrected chi connectivity index (χ2v) is 13.6. The molecule has 4 heterocycles. The van der Waals surface area contributed by atoms with Crippen molar-refractivity contribution < 1.29 is 130 Å². The maximum atomic E-state index is 12.9. The summed E-state index contributed by atoms with van der Waals surface area (Å²) in [5.41, 5.74) is 0. The third kappa shape index (κ3) is 9.99. The van der Waals surface area contributed by atoms with Crippen molar-refractivity contribution in [3.05, 3.63) is 0 Å². The van der Waals surface area contributed by atoms with Crippen LogP contribution in [0.4, 0.5) is 0 Å². The highest BCUT2D eigenvalue weighted by Crippen LogP contribution is 2.33. The number of aliphatic hydroxyl groups is 17. The zero-order chi connectivity index (χ0) is 41.8. The van der Waals surface area contributed by atoms with E-state index in [1.807, 2.05) is 0 Å². The van der Waals surface area contributed by atoms with Gasteiger partial charge < -0.3 is 130 Å². The summed E-state index contributed by atoms with van der Waals surface area (Å²) >= 11 is 0. The van der Waals surface area contributed by atoms with E-state index >= 15 is 0 Å². The molecule has 0 saturated carbocycles. The highest BCUT2D eigenvalue weighted by atomic mass is 16.8. The lowest BCUT2D eigenvalue weighted by Gasteiger charge is -2.47. The van der Waals surface area contributed by atoms with Gasteiger partial charge in [-0.2, -0.15) is 0 Å². The third-order valence-corrected chi connectivity index (χ3v) is 9.90. The van der Waals surface area contributed by atoms with Gasteiger partial charge in [0.2, 0.25) is 0 Å². The second-order valence-electron chi connectivity index (χ2n) is 13.6. The maximum absolute atomic E-state index is 12.9. The van der Waals surface area contributed by atoms with Gasteiger partial charge in [0, 0.05) is 0 Å². The average molecular weight is 829 g/mol. The van der Waals surface area contributed by atoms with E-state index in [-0.39, 0.29) is 6.29 Å². The van der Waals surface area contributed by atoms with E-state index in [1.54, 1.807) is 0 Å². The molecular formula is C30H52O26. The maximum Gasteiger partial charge on any atom is 0.187 e. The van der Waals surface area contributed by atoms with Crippen LogP contribution in [0.15, 0.2) is 0 Å². The van der Waals surface area contributed by atoms with Crippen LogP contribution < -0.4 is 0 Å². The molecule has 0 aromatic heterocycles. The summed E-state index contributed by atoms with van der Waals surface area (Å²) in [6, 6.07) is 0. The summed E-state index contributed by atoms with van der Waals surface area (Å²) in [6.07, 6.45) is -49.4. The molecule has 0 amide bonds. The molecule has 26 nitrogen and oxygen atoms in total. The molecule has 17 N–H and O–H groups in total. The Balaban J connectivity index is 1.83. The van der Waals surface area contributed by atoms with E-state index in [1.165, 1.54) is 0 Å². The van der Waals surface area contributed by atoms with Crippen molar-refractivity contribution in [2.45, 2.75) is 147 Å². The zero-order valence-electron chi connectivity index (χ0n) is 29.2. The molecule has 0 bridgehead atoms. The number of carbonyl (C=O) groups excluding carboxylic acids is 1. The summed E-state index contributed by atoms with van der Waals surface area (Å²) in [5, 5.41) is 176. The van der Waals surface area contributed by atoms with E-state index in [2.05, 4.69) is 0 Å². The molecule has 24 unspecified atom stereocenters. The minimum absolute atomic E-state index is 0.0952. The van der Waals surface area contributed by atoms with Crippen LogP contribution in [0.1, 0.15) is 0 Å². The first kappa shape index (κ1) is 47.3. The molecule has 0 aromatic carbocycles. The highest BCUT2D eigenvalue weighted by Gasteiger charge is 2.54. The molecule has 0 aromatic rings. The van der Waals surface area contributed by atoms with Crippen LogP contribution in [0.3, 0.4) is 0 Å². The van der Waals surface area contributed by atoms with Gasteiger partial charge in [0.15, 0.2) is 31.4 Å². The number of hydrogen-bond donors (Lipinski definition) is 17. The first-order chi connectivity index (χ1) is 26.5. The molecule has 4 saturated heterocycles. The molecule has 26 heteroatoms. The standard InChI is InChI=1S/C30H52O26/c31-1-7-13(37)17(41)21(45)27(49-7)53-11(5-35)25(55-29-23(47)19(43)15(39)9(3-33)51-29)26(56-30-24(48)20(44)16(40)10(4-34)52-30)12(6-36)54-28-22(46)18(42)14(38)8(2-32)50-28/h5,7-34,36-48H,1-4,6H2. The van der Waals surface area contributed by atoms with E-state index in [4.69, 9.17) is 37.9 Å². The molecular weight excluding hydrogens is 776 g/mol. The molecule has 0 aliphatic carbocycles. The predicted molar refractivity (Wildman–Crippen MR) is 168 cm³/mol. The van der Waals surface area contributed by atoms with Crippen molar-refractivity contribution >= 4 is 6.29 Å². The van der Waals surface area contributed by atoms with Crippen LogP contribution in [-0.4, -0.2) is 273 Å². The number of aliphatic hydroxyl groups excluding tert-OH is 17. The molecule has 328 valence electrons. The Morgan fingerprint density at radius 3 is 0.964 bits per heavy atom. The lowest BCUT2D eigenvalue weighted by Crippen LogP contribution is -2.66. The van der Waals surface area contributed by atoms with Crippen LogP contribution in [0.5, 0.6) is 0 Å². The van der Waals surface area contributed by atoms with Crippen molar-refractivity contribution in [3.63, 3.8) is 0 Å². The smallest absolute Gasteiger partial charge is 0.187 e. The molecule has 56 heavy (non-hydrogen) atoms. The first-order valence-electron chi connectivity index (χ1n) is 17.4. The van der Waals surface area contributed by atoms with Crippen molar-refractivity contribution in [3.8, 4) is 0 Å². The monoisotopic (exact) mass is 828 g/mol. The molecule has 4 rings (SSSR count). The molecule has 0 spiro atoms. The summed E-state index contributed by atoms with van der Waals surface area (Å²) in [5.74, 6) is 0. The van der Waals surface area contributed by atoms with Crippen molar-refractivity contribution in [2.75, 3.05) is 33.0 Å². The van der Waals surface area contributed by atoms with Crippen LogP contribution in [0.25, 0.3) is 0 Å². The predicted octanol–water partition coefficient (Wildman–Crippen LogP) is -12.1. The number of rotatable bonds is 17. The third-order valence-electron chi connectivity index (χ3n) is 9.90. The quantitative estimate of drug-likeness (QED) is 0.0605. The topological polar surface area (TPSA) is 435 Å². The van der Waals surface area contributed by atoms with Gasteiger partial charge in [-0.25, -0.2) is 0 Å². The Kier molecular flexibility index (Phi) is 17.6. The minimum atomic E-state index is -2.37. The highest BCUT2D eigenvalue weighted by molar-refractivity contribution is 5.57. The number of aldehydes is 1. The number of ether oxygens (including phenoxy) is 8. The van der Waals surface area contributed by atoms with Crippen molar-refractivity contribution in [1.82, 2.24) is 0 Å². The second kappa shape index (κ2) is 20.8. The van der Waals surface area contributed by atoms with Gasteiger partial charge in [0.05, 0.1) is 33.0 Å². The van der Waals surface area contributed by atoms with Gasteiger partial charge >= 0.3 is 0 Å². The fourth-order valence-electron chi connectivity index (χ4n) is 6.49. The van der Waals surface area contributed by atoms with Gasteiger partial charge in [-0.3, -0.25) is 0 Å². The summed E-state index contributed by atoms with van der Waals surface area (Å²) in [7, 11) is 0. The molecule has 0 radical (unpaired) electrons. The zero-order valence-corrected chi connectivity index (χ0v) is 29.2. The van der Waals surface area contributed by atoms with E-state index in [0.29, 0.717) is 0 Å². The lowest BCUT2D eigenvalue weighted by molar-refractivity contribution is -0.374. The molecule has 4 fully saturated rings. The lowest BCUT2D eigenvalue weighted by atomic mass is 9.96. The Bertz CT molecular complexity index is 1180. The number of carbonyl (C=O) groups is 1. The normalized spacial score (nSPS) is 47.2. The van der Waals surface area contributed by atoms with Crippen molar-refractivity contribution in [1.29, 1.82) is 0 Å². The summed E-state index contributed by atoms with van der Waals surface area (Å²) < 4.78 is 44.5. The Morgan fingerprint density at radius 1 is 0.393 bits per heavy atom. The van der Waals surface area contributed by atoms with Crippen LogP contribution in [0, 0.1) is 0 Å². The Labute approximate surface area is 316 Å². The fraction of sp³-hybridized carbons (Fsp3) is 0.967. The van der Waals surface area contributed by atoms with Gasteiger partial charge in [-0.15, -0.1) is 0 Å². The fourth-order valence-corrected chi connectivity index (χ4v) is 6.49. The summed E-state index contributed by atoms with van der Waals surface area (Å²) in [6.45, 7) is -5.23. The van der Waals surface area contributed by atoms with E-state index in [0.717, 1.165) is 0 Å². The van der Waals surface area contributed by atoms with E-state index < -0.39 is 180 Å². The number of hydrogen-bond acceptors (Lipinski definition) is 26. The average Bonchev–Trinajstić information content (AvgIpc) is 3.20. The van der Waals surface area contributed by atoms with Gasteiger partial charge in [-0.05, 0) is 0 Å². The van der Waals surface area contributed by atoms with Crippen LogP contribution >= 0.6 is 0 Å². The van der Waals surface area contributed by atoms with Crippen molar-refractivity contribution in [2.24, 2.45) is 0 Å². The summed E-state index contributed by atoms with van der Waals surface area (Å²) in [4.78, 5) is 12.9. The SMILES string of the molecule is O=CC(OC1OC(CO)C(O)C(O)C1O)C(OC1OC(CO)C(O)C(O)C1O)C(OC1OC(CO)C(O)C(O)C1O)C(CO)OC1OC(CO)C(O)C(O)C1O. The molecule has 24 atom stereocenters. The first-order valence-corrected chi connectivity index (χ1v) is 17.4. The van der Waals surface area contributed by atoms with Gasteiger partial charge in [-0.1, -0.05) is 0 Å². The minimum Gasteiger partial charge on any atom is -0.394 e. The van der Waals surface area contributed by atoms with Gasteiger partial charge in [0.1, 0.15) is 122 Å². The van der Waals surface area contributed by atoms with Gasteiger partial charge in [0.25, 0.3) is 0 Å². The largest absolute Gasteiger partial charge is 0.394 e. The molecule has 4 aliphatic rings. The van der Waals surface area contributed by atoms with Crippen LogP contribution in [0.2, 0.25) is 0 Å².